The molecule has 1 heterocycles. The van der Waals surface area contributed by atoms with E-state index in [4.69, 9.17) is 0 Å². The van der Waals surface area contributed by atoms with Crippen molar-refractivity contribution in [2.24, 2.45) is 0 Å². The molecule has 1 N–H and O–H groups in total. The lowest BCUT2D eigenvalue weighted by Crippen LogP contribution is -2.14. The van der Waals surface area contributed by atoms with Crippen molar-refractivity contribution < 1.29 is 5.11 Å². The number of benzene rings is 1. The van der Waals surface area contributed by atoms with Crippen LogP contribution in [-0.2, 0) is 5.41 Å². The third-order valence-corrected chi connectivity index (χ3v) is 3.08. The summed E-state index contributed by atoms with van der Waals surface area (Å²) in [5, 5.41) is 14.8. The van der Waals surface area contributed by atoms with Crippen molar-refractivity contribution in [3.8, 4) is 11.6 Å². The van der Waals surface area contributed by atoms with Crippen LogP contribution in [-0.4, -0.2) is 14.9 Å². The van der Waals surface area contributed by atoms with Crippen molar-refractivity contribution in [2.75, 3.05) is 0 Å². The average molecular weight is 244 g/mol. The summed E-state index contributed by atoms with van der Waals surface area (Å²) in [5.74, 6) is 0.226. The number of aryl methyl sites for hydroxylation is 1. The van der Waals surface area contributed by atoms with Gasteiger partial charge in [-0.25, -0.2) is 4.68 Å². The molecule has 1 aromatic carbocycles. The topological polar surface area (TPSA) is 38.0 Å². The third-order valence-electron chi connectivity index (χ3n) is 3.08. The van der Waals surface area contributed by atoms with Gasteiger partial charge >= 0.3 is 0 Å². The van der Waals surface area contributed by atoms with Crippen molar-refractivity contribution in [1.29, 1.82) is 0 Å². The highest BCUT2D eigenvalue weighted by Gasteiger charge is 2.24. The molecular weight excluding hydrogens is 224 g/mol. The Bertz CT molecular complexity index is 559. The van der Waals surface area contributed by atoms with Gasteiger partial charge in [-0.15, -0.1) is 0 Å². The summed E-state index contributed by atoms with van der Waals surface area (Å²) in [5.41, 5.74) is 3.79. The Balaban J connectivity index is 2.56. The minimum Gasteiger partial charge on any atom is -0.493 e. The summed E-state index contributed by atoms with van der Waals surface area (Å²) in [6, 6.07) is 7.97. The van der Waals surface area contributed by atoms with Gasteiger partial charge in [-0.1, -0.05) is 38.5 Å². The van der Waals surface area contributed by atoms with Crippen molar-refractivity contribution in [3.63, 3.8) is 0 Å². The first-order valence-electron chi connectivity index (χ1n) is 6.17. The Labute approximate surface area is 108 Å². The van der Waals surface area contributed by atoms with Crippen LogP contribution < -0.4 is 0 Å². The van der Waals surface area contributed by atoms with E-state index in [2.05, 4.69) is 25.9 Å². The van der Waals surface area contributed by atoms with Gasteiger partial charge in [0.25, 0.3) is 0 Å². The Kier molecular flexibility index (Phi) is 2.93. The van der Waals surface area contributed by atoms with Crippen LogP contribution in [0.25, 0.3) is 5.69 Å². The SMILES string of the molecule is Cc1ccc(-n2nc(C(C)(C)C)c(C)c2O)cc1. The number of hydrogen-bond acceptors (Lipinski definition) is 2. The monoisotopic (exact) mass is 244 g/mol. The molecule has 2 rings (SSSR count). The van der Waals surface area contributed by atoms with E-state index in [9.17, 15) is 5.11 Å². The van der Waals surface area contributed by atoms with E-state index in [0.29, 0.717) is 0 Å². The van der Waals surface area contributed by atoms with Crippen LogP contribution in [0.5, 0.6) is 5.88 Å². The molecule has 0 aliphatic rings. The van der Waals surface area contributed by atoms with Crippen molar-refractivity contribution in [1.82, 2.24) is 9.78 Å². The number of aromatic hydroxyl groups is 1. The molecule has 0 radical (unpaired) electrons. The van der Waals surface area contributed by atoms with Gasteiger partial charge in [0, 0.05) is 11.0 Å². The molecule has 0 saturated heterocycles. The first kappa shape index (κ1) is 12.7. The van der Waals surface area contributed by atoms with E-state index in [-0.39, 0.29) is 11.3 Å². The molecule has 0 aliphatic heterocycles. The van der Waals surface area contributed by atoms with Crippen molar-refractivity contribution in [3.05, 3.63) is 41.1 Å². The minimum absolute atomic E-state index is 0.0719. The fraction of sp³-hybridized carbons (Fsp3) is 0.400. The Morgan fingerprint density at radius 3 is 2.06 bits per heavy atom. The summed E-state index contributed by atoms with van der Waals surface area (Å²) < 4.78 is 1.61. The highest BCUT2D eigenvalue weighted by Crippen LogP contribution is 2.31. The first-order valence-corrected chi connectivity index (χ1v) is 6.17. The molecule has 0 amide bonds. The lowest BCUT2D eigenvalue weighted by Gasteiger charge is -2.15. The summed E-state index contributed by atoms with van der Waals surface area (Å²) >= 11 is 0. The number of nitrogens with zero attached hydrogens (tertiary/aromatic N) is 2. The predicted octanol–water partition coefficient (Wildman–Crippen LogP) is 3.49. The molecule has 0 aliphatic carbocycles. The lowest BCUT2D eigenvalue weighted by atomic mass is 9.90. The Morgan fingerprint density at radius 2 is 1.61 bits per heavy atom. The molecular formula is C15H20N2O. The summed E-state index contributed by atoms with van der Waals surface area (Å²) in [4.78, 5) is 0. The minimum atomic E-state index is -0.0719. The Morgan fingerprint density at radius 1 is 1.06 bits per heavy atom. The van der Waals surface area contributed by atoms with Crippen LogP contribution in [0.2, 0.25) is 0 Å². The van der Waals surface area contributed by atoms with Crippen molar-refractivity contribution in [2.45, 2.75) is 40.0 Å². The van der Waals surface area contributed by atoms with Gasteiger partial charge in [-0.2, -0.15) is 5.10 Å². The van der Waals surface area contributed by atoms with E-state index in [1.807, 2.05) is 38.1 Å². The second-order valence-electron chi connectivity index (χ2n) is 5.79. The highest BCUT2D eigenvalue weighted by molar-refractivity contribution is 5.42. The summed E-state index contributed by atoms with van der Waals surface area (Å²) in [6.45, 7) is 10.2. The van der Waals surface area contributed by atoms with E-state index in [1.165, 1.54) is 5.56 Å². The van der Waals surface area contributed by atoms with Crippen LogP contribution in [0.15, 0.2) is 24.3 Å². The zero-order valence-corrected chi connectivity index (χ0v) is 11.7. The molecule has 0 fully saturated rings. The molecule has 3 nitrogen and oxygen atoms in total. The van der Waals surface area contributed by atoms with E-state index in [0.717, 1.165) is 16.9 Å². The maximum atomic E-state index is 10.2. The van der Waals surface area contributed by atoms with Crippen molar-refractivity contribution >= 4 is 0 Å². The van der Waals surface area contributed by atoms with Gasteiger partial charge in [0.15, 0.2) is 0 Å². The van der Waals surface area contributed by atoms with Crippen LogP contribution >= 0.6 is 0 Å². The average Bonchev–Trinajstić information content (AvgIpc) is 2.57. The largest absolute Gasteiger partial charge is 0.493 e. The van der Waals surface area contributed by atoms with Crippen LogP contribution in [0.3, 0.4) is 0 Å². The van der Waals surface area contributed by atoms with Gasteiger partial charge in [0.2, 0.25) is 5.88 Å². The van der Waals surface area contributed by atoms with Gasteiger partial charge in [-0.3, -0.25) is 0 Å². The molecule has 1 aromatic heterocycles. The molecule has 3 heteroatoms. The fourth-order valence-corrected chi connectivity index (χ4v) is 2.07. The summed E-state index contributed by atoms with van der Waals surface area (Å²) in [7, 11) is 0. The van der Waals surface area contributed by atoms with E-state index in [1.54, 1.807) is 4.68 Å². The second-order valence-corrected chi connectivity index (χ2v) is 5.79. The normalized spacial score (nSPS) is 11.8. The number of aromatic nitrogens is 2. The molecule has 0 atom stereocenters. The molecule has 96 valence electrons. The maximum Gasteiger partial charge on any atom is 0.217 e. The predicted molar refractivity (Wildman–Crippen MR) is 73.4 cm³/mol. The zero-order chi connectivity index (χ0) is 13.5. The van der Waals surface area contributed by atoms with Gasteiger partial charge in [0.05, 0.1) is 11.4 Å². The van der Waals surface area contributed by atoms with E-state index >= 15 is 0 Å². The Hall–Kier alpha value is -1.77. The smallest absolute Gasteiger partial charge is 0.217 e. The quantitative estimate of drug-likeness (QED) is 0.833. The van der Waals surface area contributed by atoms with E-state index < -0.39 is 0 Å². The summed E-state index contributed by atoms with van der Waals surface area (Å²) in [6.07, 6.45) is 0. The molecule has 0 spiro atoms. The molecule has 0 saturated carbocycles. The second kappa shape index (κ2) is 4.16. The van der Waals surface area contributed by atoms with Crippen LogP contribution in [0.4, 0.5) is 0 Å². The zero-order valence-electron chi connectivity index (χ0n) is 11.7. The molecule has 0 unspecified atom stereocenters. The van der Waals surface area contributed by atoms with Gasteiger partial charge < -0.3 is 5.11 Å². The van der Waals surface area contributed by atoms with Crippen LogP contribution in [0, 0.1) is 13.8 Å². The third kappa shape index (κ3) is 2.13. The first-order chi connectivity index (χ1) is 8.30. The molecule has 0 bridgehead atoms. The number of hydrogen-bond donors (Lipinski definition) is 1. The standard InChI is InChI=1S/C15H20N2O/c1-10-6-8-12(9-7-10)17-14(18)11(2)13(16-17)15(3,4)5/h6-9,18H,1-5H3. The van der Waals surface area contributed by atoms with Crippen LogP contribution in [0.1, 0.15) is 37.6 Å². The fourth-order valence-electron chi connectivity index (χ4n) is 2.07. The molecule has 18 heavy (non-hydrogen) atoms. The van der Waals surface area contributed by atoms with Gasteiger partial charge in [-0.05, 0) is 26.0 Å². The lowest BCUT2D eigenvalue weighted by molar-refractivity contribution is 0.430. The number of rotatable bonds is 1. The van der Waals surface area contributed by atoms with Gasteiger partial charge in [0.1, 0.15) is 0 Å². The maximum absolute atomic E-state index is 10.2. The molecule has 2 aromatic rings. The highest BCUT2D eigenvalue weighted by atomic mass is 16.3.